The van der Waals surface area contributed by atoms with Crippen LogP contribution < -0.4 is 4.90 Å². The monoisotopic (exact) mass is 441 g/mol. The molecule has 0 spiro atoms. The highest BCUT2D eigenvalue weighted by Gasteiger charge is 2.25. The number of thiophene rings is 1. The highest BCUT2D eigenvalue weighted by Crippen LogP contribution is 2.34. The Balaban J connectivity index is 1.63. The Kier molecular flexibility index (Phi) is 5.96. The molecule has 0 saturated carbocycles. The molecule has 3 heterocycles. The molecule has 142 valence electrons. The van der Waals surface area contributed by atoms with Gasteiger partial charge in [0, 0.05) is 26.2 Å². The zero-order chi connectivity index (χ0) is 18.8. The highest BCUT2D eigenvalue weighted by molar-refractivity contribution is 7.22. The first-order chi connectivity index (χ1) is 13.1. The van der Waals surface area contributed by atoms with Crippen LogP contribution in [-0.2, 0) is 4.74 Å². The Bertz CT molecular complexity index is 920. The number of carbonyl (C=O) groups excluding carboxylic acids is 1. The van der Waals surface area contributed by atoms with Gasteiger partial charge in [0.2, 0.25) is 0 Å². The molecule has 1 saturated heterocycles. The third-order valence-corrected chi connectivity index (χ3v) is 6.94. The van der Waals surface area contributed by atoms with Gasteiger partial charge in [0.05, 0.1) is 33.3 Å². The Hall–Kier alpha value is -1.22. The molecule has 1 aliphatic rings. The number of amides is 1. The zero-order valence-electron chi connectivity index (χ0n) is 14.4. The van der Waals surface area contributed by atoms with Crippen LogP contribution in [0.2, 0.25) is 8.67 Å². The van der Waals surface area contributed by atoms with Gasteiger partial charge in [-0.2, -0.15) is 0 Å². The maximum atomic E-state index is 13.2. The summed E-state index contributed by atoms with van der Waals surface area (Å²) in [5, 5.41) is 0.674. The van der Waals surface area contributed by atoms with Crippen LogP contribution in [0.4, 0.5) is 5.13 Å². The minimum atomic E-state index is -0.171. The third kappa shape index (κ3) is 4.29. The molecule has 1 aliphatic heterocycles. The number of morpholine rings is 1. The van der Waals surface area contributed by atoms with E-state index >= 15 is 0 Å². The number of para-hydroxylation sites is 1. The molecule has 5 nitrogen and oxygen atoms in total. The fourth-order valence-electron chi connectivity index (χ4n) is 2.96. The normalized spacial score (nSPS) is 15.3. The molecular weight excluding hydrogens is 425 g/mol. The van der Waals surface area contributed by atoms with Crippen molar-refractivity contribution in [2.75, 3.05) is 44.3 Å². The Morgan fingerprint density at radius 2 is 2.00 bits per heavy atom. The van der Waals surface area contributed by atoms with Gasteiger partial charge in [-0.25, -0.2) is 4.98 Å². The molecule has 0 atom stereocenters. The van der Waals surface area contributed by atoms with E-state index in [1.54, 1.807) is 11.0 Å². The first-order valence-corrected chi connectivity index (χ1v) is 10.9. The number of thiazole rings is 1. The molecule has 1 fully saturated rings. The second-order valence-corrected chi connectivity index (χ2v) is 9.41. The van der Waals surface area contributed by atoms with Crippen molar-refractivity contribution < 1.29 is 9.53 Å². The quantitative estimate of drug-likeness (QED) is 0.578. The summed E-state index contributed by atoms with van der Waals surface area (Å²) in [5.74, 6) is -0.171. The first-order valence-electron chi connectivity index (χ1n) is 8.54. The summed E-state index contributed by atoms with van der Waals surface area (Å²) in [6, 6.07) is 9.51. The van der Waals surface area contributed by atoms with Gasteiger partial charge in [0.1, 0.15) is 4.34 Å². The van der Waals surface area contributed by atoms with Gasteiger partial charge in [0.15, 0.2) is 5.13 Å². The predicted octanol–water partition coefficient (Wildman–Crippen LogP) is 4.64. The van der Waals surface area contributed by atoms with E-state index in [2.05, 4.69) is 9.88 Å². The molecule has 4 rings (SSSR count). The van der Waals surface area contributed by atoms with Gasteiger partial charge in [-0.3, -0.25) is 14.6 Å². The van der Waals surface area contributed by atoms with E-state index in [4.69, 9.17) is 27.9 Å². The molecule has 0 aliphatic carbocycles. The van der Waals surface area contributed by atoms with Crippen LogP contribution in [0.1, 0.15) is 10.4 Å². The molecule has 0 radical (unpaired) electrons. The van der Waals surface area contributed by atoms with Crippen LogP contribution in [0.5, 0.6) is 0 Å². The number of aromatic nitrogens is 1. The molecule has 3 aromatic rings. The number of halogens is 2. The first kappa shape index (κ1) is 19.1. The molecule has 27 heavy (non-hydrogen) atoms. The van der Waals surface area contributed by atoms with E-state index in [1.165, 1.54) is 22.7 Å². The van der Waals surface area contributed by atoms with Crippen molar-refractivity contribution in [2.24, 2.45) is 0 Å². The van der Waals surface area contributed by atoms with E-state index in [1.807, 2.05) is 24.3 Å². The molecular formula is C18H17Cl2N3O2S2. The van der Waals surface area contributed by atoms with Crippen LogP contribution in [0, 0.1) is 0 Å². The van der Waals surface area contributed by atoms with E-state index in [-0.39, 0.29) is 5.91 Å². The van der Waals surface area contributed by atoms with Gasteiger partial charge in [-0.1, -0.05) is 46.7 Å². The second-order valence-electron chi connectivity index (χ2n) is 6.11. The Labute approximate surface area is 175 Å². The van der Waals surface area contributed by atoms with Crippen molar-refractivity contribution in [1.29, 1.82) is 0 Å². The number of anilines is 1. The number of fused-ring (bicyclic) bond motifs is 1. The van der Waals surface area contributed by atoms with E-state index in [0.717, 1.165) is 43.1 Å². The summed E-state index contributed by atoms with van der Waals surface area (Å²) in [7, 11) is 0. The van der Waals surface area contributed by atoms with Gasteiger partial charge >= 0.3 is 0 Å². The third-order valence-electron chi connectivity index (χ3n) is 4.39. The van der Waals surface area contributed by atoms with Crippen molar-refractivity contribution in [3.63, 3.8) is 0 Å². The molecule has 0 unspecified atom stereocenters. The molecule has 0 bridgehead atoms. The highest BCUT2D eigenvalue weighted by atomic mass is 35.5. The lowest BCUT2D eigenvalue weighted by atomic mass is 10.3. The number of ether oxygens (including phenoxy) is 1. The van der Waals surface area contributed by atoms with Gasteiger partial charge < -0.3 is 4.74 Å². The van der Waals surface area contributed by atoms with Crippen LogP contribution in [-0.4, -0.2) is 55.2 Å². The lowest BCUT2D eigenvalue weighted by molar-refractivity contribution is 0.0391. The fourth-order valence-corrected chi connectivity index (χ4v) is 5.40. The predicted molar refractivity (Wildman–Crippen MR) is 113 cm³/mol. The number of benzene rings is 1. The van der Waals surface area contributed by atoms with Crippen LogP contribution in [0.3, 0.4) is 0 Å². The average molecular weight is 442 g/mol. The second kappa shape index (κ2) is 8.43. The minimum absolute atomic E-state index is 0.171. The standard InChI is InChI=1S/C18H17Cl2N3O2S2/c19-15-11-12(16(20)27-15)17(24)23(6-5-22-7-9-25-10-8-22)18-21-13-3-1-2-4-14(13)26-18/h1-4,11H,5-10H2. The van der Waals surface area contributed by atoms with E-state index in [0.29, 0.717) is 25.9 Å². The summed E-state index contributed by atoms with van der Waals surface area (Å²) >= 11 is 15.0. The van der Waals surface area contributed by atoms with Crippen molar-refractivity contribution >= 4 is 67.1 Å². The molecule has 9 heteroatoms. The van der Waals surface area contributed by atoms with Crippen molar-refractivity contribution in [1.82, 2.24) is 9.88 Å². The maximum absolute atomic E-state index is 13.2. The minimum Gasteiger partial charge on any atom is -0.379 e. The van der Waals surface area contributed by atoms with Crippen molar-refractivity contribution in [2.45, 2.75) is 0 Å². The number of hydrogen-bond donors (Lipinski definition) is 0. The largest absolute Gasteiger partial charge is 0.379 e. The SMILES string of the molecule is O=C(c1cc(Cl)sc1Cl)N(CCN1CCOCC1)c1nc2ccccc2s1. The number of hydrogen-bond acceptors (Lipinski definition) is 6. The van der Waals surface area contributed by atoms with Crippen molar-refractivity contribution in [3.8, 4) is 0 Å². The summed E-state index contributed by atoms with van der Waals surface area (Å²) in [6.45, 7) is 4.46. The molecule has 1 aromatic carbocycles. The summed E-state index contributed by atoms with van der Waals surface area (Å²) in [5.41, 5.74) is 1.31. The summed E-state index contributed by atoms with van der Waals surface area (Å²) in [4.78, 5) is 21.9. The van der Waals surface area contributed by atoms with Gasteiger partial charge in [-0.05, 0) is 18.2 Å². The molecule has 1 amide bonds. The maximum Gasteiger partial charge on any atom is 0.262 e. The van der Waals surface area contributed by atoms with Gasteiger partial charge in [-0.15, -0.1) is 11.3 Å². The molecule has 0 N–H and O–H groups in total. The lowest BCUT2D eigenvalue weighted by Gasteiger charge is -2.29. The van der Waals surface area contributed by atoms with Crippen molar-refractivity contribution in [3.05, 3.63) is 44.6 Å². The Morgan fingerprint density at radius 1 is 1.22 bits per heavy atom. The average Bonchev–Trinajstić information content (AvgIpc) is 3.25. The van der Waals surface area contributed by atoms with E-state index in [9.17, 15) is 4.79 Å². The van der Waals surface area contributed by atoms with Crippen LogP contribution in [0.25, 0.3) is 10.2 Å². The fraction of sp³-hybridized carbons (Fsp3) is 0.333. The molecule has 2 aromatic heterocycles. The van der Waals surface area contributed by atoms with Crippen LogP contribution in [0.15, 0.2) is 30.3 Å². The van der Waals surface area contributed by atoms with Gasteiger partial charge in [0.25, 0.3) is 5.91 Å². The zero-order valence-corrected chi connectivity index (χ0v) is 17.5. The van der Waals surface area contributed by atoms with Crippen LogP contribution >= 0.6 is 45.9 Å². The number of carbonyl (C=O) groups is 1. The smallest absolute Gasteiger partial charge is 0.262 e. The summed E-state index contributed by atoms with van der Waals surface area (Å²) < 4.78 is 7.36. The number of rotatable bonds is 5. The Morgan fingerprint density at radius 3 is 2.70 bits per heavy atom. The number of nitrogens with zero attached hydrogens (tertiary/aromatic N) is 3. The topological polar surface area (TPSA) is 45.7 Å². The summed E-state index contributed by atoms with van der Waals surface area (Å²) in [6.07, 6.45) is 0. The lowest BCUT2D eigenvalue weighted by Crippen LogP contribution is -2.43. The van der Waals surface area contributed by atoms with E-state index < -0.39 is 0 Å².